The highest BCUT2D eigenvalue weighted by molar-refractivity contribution is 6.31. The van der Waals surface area contributed by atoms with Crippen LogP contribution in [0.3, 0.4) is 0 Å². The lowest BCUT2D eigenvalue weighted by Gasteiger charge is -2.28. The van der Waals surface area contributed by atoms with Crippen molar-refractivity contribution in [1.29, 1.82) is 0 Å². The maximum atomic E-state index is 12.6. The van der Waals surface area contributed by atoms with Crippen molar-refractivity contribution < 1.29 is 13.2 Å². The summed E-state index contributed by atoms with van der Waals surface area (Å²) in [6.07, 6.45) is -3.96. The Labute approximate surface area is 116 Å². The third-order valence-corrected chi connectivity index (χ3v) is 2.94. The number of nitrogens with zero attached hydrogens (tertiary/aromatic N) is 1. The Hall–Kier alpha value is -0.780. The van der Waals surface area contributed by atoms with Crippen molar-refractivity contribution in [2.75, 3.05) is 20.6 Å². The van der Waals surface area contributed by atoms with Gasteiger partial charge in [0.1, 0.15) is 0 Å². The molecule has 0 aliphatic heterocycles. The molecule has 0 aromatic heterocycles. The van der Waals surface area contributed by atoms with E-state index in [1.807, 2.05) is 25.9 Å². The molecule has 0 amide bonds. The minimum atomic E-state index is -4.43. The Balaban J connectivity index is 2.91. The zero-order valence-electron chi connectivity index (χ0n) is 11.2. The molecule has 0 saturated heterocycles. The minimum absolute atomic E-state index is 0.286. The van der Waals surface area contributed by atoms with Crippen molar-refractivity contribution in [3.8, 4) is 0 Å². The number of halogens is 4. The fourth-order valence-electron chi connectivity index (χ4n) is 2.14. The van der Waals surface area contributed by atoms with Gasteiger partial charge in [-0.25, -0.2) is 0 Å². The number of hydrogen-bond donors (Lipinski definition) is 1. The maximum Gasteiger partial charge on any atom is 0.417 e. The molecule has 1 atom stereocenters. The molecule has 1 unspecified atom stereocenters. The first-order valence-electron chi connectivity index (χ1n) is 5.80. The maximum absolute atomic E-state index is 12.6. The van der Waals surface area contributed by atoms with Crippen LogP contribution < -0.4 is 5.73 Å². The van der Waals surface area contributed by atoms with Gasteiger partial charge in [0.05, 0.1) is 10.6 Å². The van der Waals surface area contributed by atoms with Crippen LogP contribution >= 0.6 is 11.6 Å². The second-order valence-electron chi connectivity index (χ2n) is 5.38. The average molecular weight is 295 g/mol. The van der Waals surface area contributed by atoms with E-state index >= 15 is 0 Å². The number of alkyl halides is 3. The van der Waals surface area contributed by atoms with E-state index in [4.69, 9.17) is 17.3 Å². The van der Waals surface area contributed by atoms with Gasteiger partial charge in [0.2, 0.25) is 0 Å². The molecule has 1 aromatic rings. The Kier molecular flexibility index (Phi) is 4.87. The number of hydrogen-bond acceptors (Lipinski definition) is 2. The van der Waals surface area contributed by atoms with Crippen LogP contribution in [0.25, 0.3) is 0 Å². The molecule has 0 saturated carbocycles. The lowest BCUT2D eigenvalue weighted by molar-refractivity contribution is -0.137. The highest BCUT2D eigenvalue weighted by Crippen LogP contribution is 2.35. The summed E-state index contributed by atoms with van der Waals surface area (Å²) in [6, 6.07) is 3.77. The summed E-state index contributed by atoms with van der Waals surface area (Å²) in [6.45, 7) is 2.49. The van der Waals surface area contributed by atoms with Crippen LogP contribution in [0.15, 0.2) is 18.2 Å². The molecule has 0 fully saturated rings. The van der Waals surface area contributed by atoms with Gasteiger partial charge in [0, 0.05) is 12.1 Å². The van der Waals surface area contributed by atoms with Crippen molar-refractivity contribution in [3.05, 3.63) is 34.3 Å². The molecule has 0 aliphatic rings. The van der Waals surface area contributed by atoms with E-state index in [-0.39, 0.29) is 5.02 Å². The van der Waals surface area contributed by atoms with Crippen LogP contribution in [0, 0.1) is 0 Å². The second-order valence-corrected chi connectivity index (χ2v) is 5.79. The number of rotatable bonds is 4. The van der Waals surface area contributed by atoms with Gasteiger partial charge in [-0.1, -0.05) is 17.7 Å². The van der Waals surface area contributed by atoms with Crippen molar-refractivity contribution >= 4 is 11.6 Å². The predicted molar refractivity (Wildman–Crippen MR) is 71.3 cm³/mol. The SMILES string of the molecule is CN(C)CC(C)(N)Cc1ccc(C(F)(F)F)c(Cl)c1. The van der Waals surface area contributed by atoms with Gasteiger partial charge in [-0.2, -0.15) is 13.2 Å². The summed E-state index contributed by atoms with van der Waals surface area (Å²) in [5.74, 6) is 0. The lowest BCUT2D eigenvalue weighted by Crippen LogP contribution is -2.47. The van der Waals surface area contributed by atoms with Gasteiger partial charge in [-0.3, -0.25) is 0 Å². The van der Waals surface area contributed by atoms with Crippen LogP contribution in [-0.2, 0) is 12.6 Å². The largest absolute Gasteiger partial charge is 0.417 e. The Morgan fingerprint density at radius 2 is 1.84 bits per heavy atom. The van der Waals surface area contributed by atoms with E-state index in [1.54, 1.807) is 0 Å². The first-order valence-corrected chi connectivity index (χ1v) is 6.18. The molecule has 0 heterocycles. The zero-order valence-corrected chi connectivity index (χ0v) is 11.9. The van der Waals surface area contributed by atoms with Crippen LogP contribution in [0.5, 0.6) is 0 Å². The zero-order chi connectivity index (χ0) is 14.8. The van der Waals surface area contributed by atoms with Gasteiger partial charge in [0.25, 0.3) is 0 Å². The molecule has 1 aromatic carbocycles. The molecule has 0 bridgehead atoms. The highest BCUT2D eigenvalue weighted by Gasteiger charge is 2.33. The Bertz CT molecular complexity index is 442. The molecule has 0 spiro atoms. The van der Waals surface area contributed by atoms with Gasteiger partial charge in [-0.15, -0.1) is 0 Å². The van der Waals surface area contributed by atoms with Crippen LogP contribution in [0.4, 0.5) is 13.2 Å². The Morgan fingerprint density at radius 1 is 1.26 bits per heavy atom. The molecule has 108 valence electrons. The van der Waals surface area contributed by atoms with Gasteiger partial charge in [-0.05, 0) is 45.1 Å². The monoisotopic (exact) mass is 294 g/mol. The van der Waals surface area contributed by atoms with Crippen LogP contribution in [-0.4, -0.2) is 31.1 Å². The van der Waals surface area contributed by atoms with E-state index in [2.05, 4.69) is 0 Å². The standard InChI is InChI=1S/C13H18ClF3N2/c1-12(18,8-19(2)3)7-9-4-5-10(11(14)6-9)13(15,16)17/h4-6H,7-8,18H2,1-3H3. The van der Waals surface area contributed by atoms with E-state index in [1.165, 1.54) is 12.1 Å². The van der Waals surface area contributed by atoms with Crippen molar-refractivity contribution in [2.24, 2.45) is 5.73 Å². The molecular weight excluding hydrogens is 277 g/mol. The lowest BCUT2D eigenvalue weighted by atomic mass is 9.93. The van der Waals surface area contributed by atoms with Crippen molar-refractivity contribution in [3.63, 3.8) is 0 Å². The predicted octanol–water partition coefficient (Wildman–Crippen LogP) is 3.18. The highest BCUT2D eigenvalue weighted by atomic mass is 35.5. The number of nitrogens with two attached hydrogens (primary N) is 1. The second kappa shape index (κ2) is 5.69. The minimum Gasteiger partial charge on any atom is -0.324 e. The smallest absolute Gasteiger partial charge is 0.324 e. The summed E-state index contributed by atoms with van der Waals surface area (Å²) in [5, 5.41) is -0.286. The average Bonchev–Trinajstić information content (AvgIpc) is 2.11. The summed E-state index contributed by atoms with van der Waals surface area (Å²) >= 11 is 5.68. The van der Waals surface area contributed by atoms with E-state index in [9.17, 15) is 13.2 Å². The van der Waals surface area contributed by atoms with E-state index in [0.717, 1.165) is 6.07 Å². The van der Waals surface area contributed by atoms with Crippen LogP contribution in [0.2, 0.25) is 5.02 Å². The summed E-state index contributed by atoms with van der Waals surface area (Å²) in [5.41, 5.74) is 5.48. The molecule has 6 heteroatoms. The summed E-state index contributed by atoms with van der Waals surface area (Å²) in [4.78, 5) is 1.94. The molecular formula is C13H18ClF3N2. The van der Waals surface area contributed by atoms with E-state index < -0.39 is 17.3 Å². The normalized spacial score (nSPS) is 15.6. The first kappa shape index (κ1) is 16.3. The molecule has 1 rings (SSSR count). The molecule has 0 aliphatic carbocycles. The molecule has 2 N–H and O–H groups in total. The topological polar surface area (TPSA) is 29.3 Å². The summed E-state index contributed by atoms with van der Waals surface area (Å²) < 4.78 is 37.7. The van der Waals surface area contributed by atoms with Crippen molar-refractivity contribution in [1.82, 2.24) is 4.90 Å². The first-order chi connectivity index (χ1) is 8.51. The van der Waals surface area contributed by atoms with Crippen LogP contribution in [0.1, 0.15) is 18.1 Å². The quantitative estimate of drug-likeness (QED) is 0.924. The molecule has 2 nitrogen and oxygen atoms in total. The molecule has 19 heavy (non-hydrogen) atoms. The van der Waals surface area contributed by atoms with Gasteiger partial charge >= 0.3 is 6.18 Å². The van der Waals surface area contributed by atoms with Crippen molar-refractivity contribution in [2.45, 2.75) is 25.1 Å². The number of benzene rings is 1. The Morgan fingerprint density at radius 3 is 2.26 bits per heavy atom. The summed E-state index contributed by atoms with van der Waals surface area (Å²) in [7, 11) is 3.79. The van der Waals surface area contributed by atoms with Gasteiger partial charge < -0.3 is 10.6 Å². The van der Waals surface area contributed by atoms with E-state index in [0.29, 0.717) is 18.5 Å². The molecule has 0 radical (unpaired) electrons. The fraction of sp³-hybridized carbons (Fsp3) is 0.538. The third kappa shape index (κ3) is 5.01. The number of likely N-dealkylation sites (N-methyl/N-ethyl adjacent to an activating group) is 1. The third-order valence-electron chi connectivity index (χ3n) is 2.62. The fourth-order valence-corrected chi connectivity index (χ4v) is 2.45. The van der Waals surface area contributed by atoms with Gasteiger partial charge in [0.15, 0.2) is 0 Å².